The molecule has 114 valence electrons. The number of anilines is 1. The molecule has 0 aliphatic heterocycles. The molecule has 6 heteroatoms. The summed E-state index contributed by atoms with van der Waals surface area (Å²) in [5.74, 6) is 0.427. The first-order valence-electron chi connectivity index (χ1n) is 7.27. The van der Waals surface area contributed by atoms with Crippen molar-refractivity contribution in [2.24, 2.45) is 7.05 Å². The Hall–Kier alpha value is -3.15. The van der Waals surface area contributed by atoms with Crippen LogP contribution in [0.5, 0.6) is 0 Å². The molecule has 0 saturated heterocycles. The van der Waals surface area contributed by atoms with Gasteiger partial charge in [-0.2, -0.15) is 0 Å². The normalized spacial score (nSPS) is 11.3. The summed E-state index contributed by atoms with van der Waals surface area (Å²) in [7, 11) is 1.97. The first-order chi connectivity index (χ1) is 11.2. The lowest BCUT2D eigenvalue weighted by atomic mass is 10.1. The molecule has 0 atom stereocenters. The predicted molar refractivity (Wildman–Crippen MR) is 89.3 cm³/mol. The minimum atomic E-state index is 0.427. The van der Waals surface area contributed by atoms with Crippen molar-refractivity contribution in [3.05, 3.63) is 53.9 Å². The largest absolute Gasteiger partial charge is 0.369 e. The van der Waals surface area contributed by atoms with Gasteiger partial charge >= 0.3 is 0 Å². The fourth-order valence-electron chi connectivity index (χ4n) is 2.92. The summed E-state index contributed by atoms with van der Waals surface area (Å²) in [6.07, 6.45) is 2.61. The Morgan fingerprint density at radius 2 is 2.09 bits per heavy atom. The maximum atomic E-state index is 10.9. The molecule has 0 spiro atoms. The predicted octanol–water partition coefficient (Wildman–Crippen LogP) is 2.37. The molecule has 2 aromatic carbocycles. The quantitative estimate of drug-likeness (QED) is 0.589. The number of imidazole rings is 2. The van der Waals surface area contributed by atoms with Gasteiger partial charge < -0.3 is 14.9 Å². The van der Waals surface area contributed by atoms with Crippen molar-refractivity contribution in [1.29, 1.82) is 0 Å². The second-order valence-corrected chi connectivity index (χ2v) is 5.56. The van der Waals surface area contributed by atoms with Gasteiger partial charge in [-0.1, -0.05) is 12.1 Å². The summed E-state index contributed by atoms with van der Waals surface area (Å²) < 4.78 is 3.93. The molecule has 0 aliphatic rings. The van der Waals surface area contributed by atoms with Crippen LogP contribution in [0.3, 0.4) is 0 Å². The Kier molecular flexibility index (Phi) is 2.90. The summed E-state index contributed by atoms with van der Waals surface area (Å²) in [6.45, 7) is 0.580. The third kappa shape index (κ3) is 2.07. The SMILES string of the molecule is Cn1cnc2c(Cn3c(N)nc4cc(C=O)ccc43)cccc21. The molecule has 23 heavy (non-hydrogen) atoms. The third-order valence-electron chi connectivity index (χ3n) is 4.10. The smallest absolute Gasteiger partial charge is 0.201 e. The van der Waals surface area contributed by atoms with Crippen molar-refractivity contribution in [2.45, 2.75) is 6.54 Å². The second-order valence-electron chi connectivity index (χ2n) is 5.56. The minimum Gasteiger partial charge on any atom is -0.369 e. The number of aromatic nitrogens is 4. The standard InChI is InChI=1S/C17H15N5O/c1-21-10-19-16-12(3-2-4-15(16)21)8-22-14-6-5-11(9-23)7-13(14)20-17(22)18/h2-7,9-10H,8H2,1H3,(H2,18,20). The zero-order valence-corrected chi connectivity index (χ0v) is 12.6. The van der Waals surface area contributed by atoms with Crippen LogP contribution in [-0.4, -0.2) is 25.4 Å². The molecule has 0 amide bonds. The molecular weight excluding hydrogens is 290 g/mol. The van der Waals surface area contributed by atoms with E-state index in [1.165, 1.54) is 0 Å². The van der Waals surface area contributed by atoms with E-state index in [-0.39, 0.29) is 0 Å². The lowest BCUT2D eigenvalue weighted by Crippen LogP contribution is -2.05. The number of nitrogens with zero attached hydrogens (tertiary/aromatic N) is 4. The topological polar surface area (TPSA) is 78.7 Å². The Morgan fingerprint density at radius 1 is 1.22 bits per heavy atom. The number of benzene rings is 2. The Balaban J connectivity index is 1.86. The number of fused-ring (bicyclic) bond motifs is 2. The highest BCUT2D eigenvalue weighted by atomic mass is 16.1. The number of para-hydroxylation sites is 1. The zero-order chi connectivity index (χ0) is 16.0. The number of carbonyl (C=O) groups excluding carboxylic acids is 1. The molecule has 2 heterocycles. The monoisotopic (exact) mass is 305 g/mol. The summed E-state index contributed by atoms with van der Waals surface area (Å²) in [5.41, 5.74) is 11.4. The van der Waals surface area contributed by atoms with Crippen LogP contribution in [0.25, 0.3) is 22.1 Å². The Labute approximate surface area is 132 Å². The van der Waals surface area contributed by atoms with Gasteiger partial charge in [-0.3, -0.25) is 4.79 Å². The number of nitrogen functional groups attached to an aromatic ring is 1. The van der Waals surface area contributed by atoms with E-state index in [1.54, 1.807) is 18.5 Å². The minimum absolute atomic E-state index is 0.427. The van der Waals surface area contributed by atoms with Gasteiger partial charge in [-0.25, -0.2) is 9.97 Å². The third-order valence-corrected chi connectivity index (χ3v) is 4.10. The number of aldehydes is 1. The van der Waals surface area contributed by atoms with E-state index in [0.29, 0.717) is 18.1 Å². The highest BCUT2D eigenvalue weighted by Gasteiger charge is 2.12. The molecule has 4 rings (SSSR count). The van der Waals surface area contributed by atoms with Crippen molar-refractivity contribution < 1.29 is 4.79 Å². The van der Waals surface area contributed by atoms with Gasteiger partial charge in [0.05, 0.1) is 34.9 Å². The fraction of sp³-hybridized carbons (Fsp3) is 0.118. The van der Waals surface area contributed by atoms with Crippen LogP contribution in [0, 0.1) is 0 Å². The second kappa shape index (κ2) is 4.95. The lowest BCUT2D eigenvalue weighted by Gasteiger charge is -2.08. The molecular formula is C17H15N5O. The van der Waals surface area contributed by atoms with Gasteiger partial charge in [0.25, 0.3) is 0 Å². The van der Waals surface area contributed by atoms with Crippen LogP contribution in [0.4, 0.5) is 5.95 Å². The number of nitrogens with two attached hydrogens (primary N) is 1. The van der Waals surface area contributed by atoms with Crippen LogP contribution in [0.1, 0.15) is 15.9 Å². The number of rotatable bonds is 3. The van der Waals surface area contributed by atoms with Crippen LogP contribution >= 0.6 is 0 Å². The van der Waals surface area contributed by atoms with E-state index in [1.807, 2.05) is 40.4 Å². The van der Waals surface area contributed by atoms with Gasteiger partial charge in [0.15, 0.2) is 0 Å². The maximum Gasteiger partial charge on any atom is 0.201 e. The van der Waals surface area contributed by atoms with E-state index in [2.05, 4.69) is 9.97 Å². The molecule has 6 nitrogen and oxygen atoms in total. The van der Waals surface area contributed by atoms with Gasteiger partial charge in [0, 0.05) is 12.6 Å². The van der Waals surface area contributed by atoms with Gasteiger partial charge in [0.1, 0.15) is 6.29 Å². The first-order valence-corrected chi connectivity index (χ1v) is 7.27. The fourth-order valence-corrected chi connectivity index (χ4v) is 2.92. The summed E-state index contributed by atoms with van der Waals surface area (Å²) in [4.78, 5) is 19.7. The molecule has 0 bridgehead atoms. The molecule has 0 radical (unpaired) electrons. The molecule has 0 fully saturated rings. The van der Waals surface area contributed by atoms with E-state index >= 15 is 0 Å². The van der Waals surface area contributed by atoms with Crippen molar-refractivity contribution in [3.63, 3.8) is 0 Å². The van der Waals surface area contributed by atoms with Crippen molar-refractivity contribution in [2.75, 3.05) is 5.73 Å². The van der Waals surface area contributed by atoms with Gasteiger partial charge in [-0.15, -0.1) is 0 Å². The van der Waals surface area contributed by atoms with Crippen molar-refractivity contribution in [3.8, 4) is 0 Å². The number of aryl methyl sites for hydroxylation is 1. The Bertz CT molecular complexity index is 1040. The van der Waals surface area contributed by atoms with Gasteiger partial charge in [0.2, 0.25) is 5.95 Å². The van der Waals surface area contributed by atoms with Gasteiger partial charge in [-0.05, 0) is 29.8 Å². The number of carbonyl (C=O) groups is 1. The Morgan fingerprint density at radius 3 is 2.91 bits per heavy atom. The number of hydrogen-bond donors (Lipinski definition) is 1. The average molecular weight is 305 g/mol. The molecule has 0 saturated carbocycles. The van der Waals surface area contributed by atoms with Crippen LogP contribution in [0.15, 0.2) is 42.7 Å². The van der Waals surface area contributed by atoms with Crippen LogP contribution in [-0.2, 0) is 13.6 Å². The first kappa shape index (κ1) is 13.5. The van der Waals surface area contributed by atoms with Crippen molar-refractivity contribution in [1.82, 2.24) is 19.1 Å². The summed E-state index contributed by atoms with van der Waals surface area (Å²) in [6, 6.07) is 11.5. The molecule has 0 aliphatic carbocycles. The summed E-state index contributed by atoms with van der Waals surface area (Å²) in [5, 5.41) is 0. The average Bonchev–Trinajstić information content (AvgIpc) is 3.08. The van der Waals surface area contributed by atoms with E-state index in [4.69, 9.17) is 5.73 Å². The zero-order valence-electron chi connectivity index (χ0n) is 12.6. The molecule has 2 N–H and O–H groups in total. The molecule has 2 aromatic heterocycles. The lowest BCUT2D eigenvalue weighted by molar-refractivity contribution is 0.112. The van der Waals surface area contributed by atoms with Crippen molar-refractivity contribution >= 4 is 34.3 Å². The summed E-state index contributed by atoms with van der Waals surface area (Å²) >= 11 is 0. The molecule has 4 aromatic rings. The van der Waals surface area contributed by atoms with Crippen LogP contribution < -0.4 is 5.73 Å². The van der Waals surface area contributed by atoms with E-state index < -0.39 is 0 Å². The number of hydrogen-bond acceptors (Lipinski definition) is 4. The van der Waals surface area contributed by atoms with E-state index in [0.717, 1.165) is 33.9 Å². The highest BCUT2D eigenvalue weighted by Crippen LogP contribution is 2.23. The maximum absolute atomic E-state index is 10.9. The highest BCUT2D eigenvalue weighted by molar-refractivity contribution is 5.86. The molecule has 0 unspecified atom stereocenters. The van der Waals surface area contributed by atoms with E-state index in [9.17, 15) is 4.79 Å². The van der Waals surface area contributed by atoms with Crippen LogP contribution in [0.2, 0.25) is 0 Å².